The minimum atomic E-state index is -2.89. The lowest BCUT2D eigenvalue weighted by Crippen LogP contribution is -2.36. The molecule has 0 bridgehead atoms. The molecule has 10 heterocycles. The van der Waals surface area contributed by atoms with Gasteiger partial charge in [-0.15, -0.1) is 0 Å². The first kappa shape index (κ1) is 69.5. The van der Waals surface area contributed by atoms with Gasteiger partial charge >= 0.3 is 0 Å². The Morgan fingerprint density at radius 2 is 0.635 bits per heavy atom. The van der Waals surface area contributed by atoms with Crippen molar-refractivity contribution in [1.29, 1.82) is 0 Å². The van der Waals surface area contributed by atoms with E-state index in [1.54, 1.807) is 195 Å². The maximum Gasteiger partial charge on any atom is 0.216 e. The van der Waals surface area contributed by atoms with Crippen molar-refractivity contribution >= 4 is 138 Å². The lowest BCUT2D eigenvalue weighted by molar-refractivity contribution is -0.667. The molecule has 0 saturated carbocycles. The van der Waals surface area contributed by atoms with Gasteiger partial charge in [-0.2, -0.15) is 22.8 Å². The highest BCUT2D eigenvalue weighted by Crippen LogP contribution is 2.49. The highest BCUT2D eigenvalue weighted by Gasteiger charge is 2.34. The lowest BCUT2D eigenvalue weighted by Gasteiger charge is -2.15. The zero-order valence-electron chi connectivity index (χ0n) is 123. The number of hydrogen-bond donors (Lipinski definition) is 0. The van der Waals surface area contributed by atoms with Crippen molar-refractivity contribution in [1.82, 2.24) is 0 Å². The van der Waals surface area contributed by atoms with E-state index in [4.69, 9.17) is 96.1 Å². The van der Waals surface area contributed by atoms with Crippen LogP contribution in [0.15, 0.2) is 174 Å². The Hall–Kier alpha value is -15.6. The van der Waals surface area contributed by atoms with Gasteiger partial charge in [0.2, 0.25) is 28.5 Å². The van der Waals surface area contributed by atoms with Crippen LogP contribution >= 0.6 is 0 Å². The van der Waals surface area contributed by atoms with Gasteiger partial charge < -0.3 is 22.1 Å². The maximum atomic E-state index is 9.21. The minimum Gasteiger partial charge on any atom is -0.455 e. The molecule has 0 radical (unpaired) electrons. The first-order valence-electron chi connectivity index (χ1n) is 65.7. The molecule has 0 aliphatic heterocycles. The molecular formula is C133H141N10O5+5. The molecule has 0 fully saturated rings. The zero-order chi connectivity index (χ0) is 136. The van der Waals surface area contributed by atoms with E-state index in [-0.39, 0.29) is 109 Å². The summed E-state index contributed by atoms with van der Waals surface area (Å²) in [5.41, 5.74) is 20.1. The molecule has 0 aliphatic rings. The number of nitrogens with zero attached hydrogens (tertiary/aromatic N) is 10. The summed E-state index contributed by atoms with van der Waals surface area (Å²) in [6.07, 6.45) is -6.15. The van der Waals surface area contributed by atoms with Crippen LogP contribution in [0.25, 0.3) is 190 Å². The van der Waals surface area contributed by atoms with Gasteiger partial charge in [-0.1, -0.05) is 142 Å². The van der Waals surface area contributed by atoms with Crippen LogP contribution in [0.2, 0.25) is 0 Å². The number of pyridine rings is 5. The normalized spacial score (nSPS) is 16.6. The van der Waals surface area contributed by atoms with E-state index < -0.39 is 96.6 Å². The van der Waals surface area contributed by atoms with Gasteiger partial charge in [0, 0.05) is 186 Å². The number of aryl methyl sites for hydroxylation is 10. The summed E-state index contributed by atoms with van der Waals surface area (Å²) in [6, 6.07) is 35.2. The molecule has 0 aliphatic carbocycles. The van der Waals surface area contributed by atoms with Crippen LogP contribution in [-0.2, 0) is 54.4 Å². The minimum absolute atomic E-state index is 0.109. The molecule has 20 aromatic rings. The quantitative estimate of drug-likeness (QED) is 0.0844. The summed E-state index contributed by atoms with van der Waals surface area (Å²) in [5.74, 6) is -6.39. The van der Waals surface area contributed by atoms with Gasteiger partial charge in [0.05, 0.1) is 67.5 Å². The van der Waals surface area contributed by atoms with Gasteiger partial charge in [0.1, 0.15) is 91.1 Å². The number of furan rings is 5. The molecule has 0 amide bonds. The largest absolute Gasteiger partial charge is 0.455 e. The Morgan fingerprint density at radius 1 is 0.284 bits per heavy atom. The molecule has 148 heavy (non-hydrogen) atoms. The molecule has 15 heteroatoms. The second kappa shape index (κ2) is 41.4. The molecule has 2 atom stereocenters. The molecule has 0 N–H and O–H groups in total. The topological polar surface area (TPSA) is 107 Å². The van der Waals surface area contributed by atoms with Crippen molar-refractivity contribution in [3.63, 3.8) is 0 Å². The Morgan fingerprint density at radius 3 is 1.03 bits per heavy atom. The van der Waals surface area contributed by atoms with E-state index in [0.717, 1.165) is 123 Å². The number of benzene rings is 10. The lowest BCUT2D eigenvalue weighted by atomic mass is 9.92. The summed E-state index contributed by atoms with van der Waals surface area (Å²) < 4.78 is 327. The van der Waals surface area contributed by atoms with E-state index >= 15 is 0 Å². The third-order valence-corrected chi connectivity index (χ3v) is 28.2. The van der Waals surface area contributed by atoms with Crippen LogP contribution < -0.4 is 22.8 Å². The molecule has 0 saturated heterocycles. The summed E-state index contributed by atoms with van der Waals surface area (Å²) in [7, 11) is 8.37. The second-order valence-corrected chi connectivity index (χ2v) is 39.3. The standard InChI is InChI=1S/3C27H29N2O.2C26H27N2O/c1-15(2)11-20-13-24(29(8)19(6)18(20)5)25-16(3)9-10-22-23-14-21(28-7)12-17(4)26(23)30-27(22)25;1-15(2)11-20-13-24(29(8)19(6)18(20)5)26-16(3)9-10-21-22-14-23(28-7)17(4)12-25(22)30-27(21)26;1-15(2)13-20-14-23(29(8)19(6)17(20)4)25-16(3)9-10-21-26-18(5)22(28-7)11-12-24(26)30-27(21)25;1-14(2)20-13-22(28(8)18(6)17(20)5)25-16(4)11-15(3)24-21-12-19(27-7)9-10-23(21)29-26(24)25;1-14(2)20-13-22(28(8)18(6)16(20)4)24-15(3)9-10-19-25-17(5)21(27-7)11-12-23(25)29-26(19)24/h2*9-10,12-15H,11H2,1-6,8H3;9-12,14-15H,13H2,1-6,8H3;2*9-14H,1-6,8H3/q5*+1/i2*5D3,11D2,13D;4D3,13D2,14D;1D3,5D3,13D,14D;1D3,4D3,13D,14D. The molecule has 0 spiro atoms. The van der Waals surface area contributed by atoms with Crippen molar-refractivity contribution in [2.75, 3.05) is 0 Å². The van der Waals surface area contributed by atoms with Crippen LogP contribution in [0.5, 0.6) is 0 Å². The number of fused-ring (bicyclic) bond motifs is 15. The van der Waals surface area contributed by atoms with Crippen LogP contribution in [0.1, 0.15) is 267 Å². The van der Waals surface area contributed by atoms with Crippen LogP contribution in [0.4, 0.5) is 28.4 Å². The fourth-order valence-electron chi connectivity index (χ4n) is 19.7. The summed E-state index contributed by atoms with van der Waals surface area (Å²) in [4.78, 5) is 17.9. The first-order valence-corrected chi connectivity index (χ1v) is 48.7. The van der Waals surface area contributed by atoms with Crippen LogP contribution in [0.3, 0.4) is 0 Å². The van der Waals surface area contributed by atoms with E-state index in [1.807, 2.05) is 130 Å². The van der Waals surface area contributed by atoms with Gasteiger partial charge in [0.25, 0.3) is 0 Å². The highest BCUT2D eigenvalue weighted by molar-refractivity contribution is 6.17. The van der Waals surface area contributed by atoms with Gasteiger partial charge in [-0.05, 0) is 284 Å². The van der Waals surface area contributed by atoms with Crippen LogP contribution in [-0.4, -0.2) is 0 Å². The Labute approximate surface area is 921 Å². The average Bonchev–Trinajstić information content (AvgIpc) is 1.26. The molecule has 10 aromatic heterocycles. The van der Waals surface area contributed by atoms with Crippen molar-refractivity contribution in [3.05, 3.63) is 348 Å². The molecular weight excluding hydrogens is 1820 g/mol. The summed E-state index contributed by atoms with van der Waals surface area (Å²) in [5, 5.41) is 7.73. The van der Waals surface area contributed by atoms with Gasteiger partial charge in [-0.25, -0.2) is 24.2 Å². The third kappa shape index (κ3) is 18.7. The predicted octanol–water partition coefficient (Wildman–Crippen LogP) is 35.2. The maximum absolute atomic E-state index is 9.21. The van der Waals surface area contributed by atoms with Gasteiger partial charge in [-0.3, -0.25) is 0 Å². The van der Waals surface area contributed by atoms with Crippen molar-refractivity contribution in [2.24, 2.45) is 53.0 Å². The monoisotopic (exact) mass is 1990 g/mol. The molecule has 10 aromatic carbocycles. The second-order valence-electron chi connectivity index (χ2n) is 39.3. The zero-order valence-corrected chi connectivity index (χ0v) is 88.8. The molecule has 20 rings (SSSR count). The first-order chi connectivity index (χ1) is 83.8. The highest BCUT2D eigenvalue weighted by atomic mass is 16.3. The van der Waals surface area contributed by atoms with E-state index in [1.165, 1.54) is 0 Å². The Kier molecular flexibility index (Phi) is 19.4. The van der Waals surface area contributed by atoms with Crippen molar-refractivity contribution in [3.8, 4) is 56.3 Å². The Balaban J connectivity index is 0.000000157. The smallest absolute Gasteiger partial charge is 0.216 e. The summed E-state index contributed by atoms with van der Waals surface area (Å²) >= 11 is 0. The SMILES string of the molecule is [2H]c1c(C([2H])(C)C([2H])([2H])[2H])c(C([2H])([2H])[2H])c(C)[n+](C)c1-c1c(C)cc(C)c2c1oc1ccc([N+]#[C-])cc12.[2H]c1c(C([2H])(C)C([2H])([2H])[2H])c(C([2H])([2H])[2H])c(C)[n+](C)c1-c1c(C)ccc2c1oc1ccc([N+]#[C-])c(C)c12.[2H]c1c(C([2H])([2H])C(C)C)c(C([2H])([2H])[2H])c(C)[n+](C)c1-c1c(C)ccc2c1oc1c(C)cc([N+]#[C-])cc12.[2H]c1c(C([2H])([2H])C(C)C)c(C([2H])([2H])[2H])c(C)[n+](C)c1-c1c(C)ccc2c1oc1cc(C)c([N+]#[C-])cc12.[2H]c1c(C([2H])([2H])C(C)C)c(C([2H])([2H])[2H])c(C)[n+](C)c1-c1c(C)ccc2c1oc1ccc([N+]#[C-])c(C)c12. The van der Waals surface area contributed by atoms with Crippen molar-refractivity contribution in [2.45, 2.75) is 238 Å². The number of rotatable bonds is 13. The van der Waals surface area contributed by atoms with Gasteiger partial charge in [0.15, 0.2) is 56.9 Å². The molecule has 748 valence electrons. The molecule has 15 nitrogen and oxygen atoms in total. The number of aromatic nitrogens is 5. The van der Waals surface area contributed by atoms with E-state index in [0.29, 0.717) is 146 Å². The van der Waals surface area contributed by atoms with E-state index in [9.17, 15) is 5.48 Å². The molecule has 2 unspecified atom stereocenters. The Bertz CT molecular complexity index is 10700. The average molecular weight is 1990 g/mol. The fraction of sp³-hybridized carbons (Fsp3) is 0.323. The van der Waals surface area contributed by atoms with Crippen molar-refractivity contribution < 1.29 is 91.5 Å². The number of hydrogen-bond acceptors (Lipinski definition) is 5. The third-order valence-electron chi connectivity index (χ3n) is 28.2. The fourth-order valence-corrected chi connectivity index (χ4v) is 19.7. The summed E-state index contributed by atoms with van der Waals surface area (Å²) in [6.45, 7) is 57.4. The van der Waals surface area contributed by atoms with Crippen LogP contribution in [0, 0.1) is 189 Å². The van der Waals surface area contributed by atoms with E-state index in [2.05, 4.69) is 24.2 Å². The predicted molar refractivity (Wildman–Crippen MR) is 612 cm³/mol.